The van der Waals surface area contributed by atoms with E-state index in [9.17, 15) is 9.18 Å². The van der Waals surface area contributed by atoms with Crippen molar-refractivity contribution < 1.29 is 13.9 Å². The van der Waals surface area contributed by atoms with Crippen LogP contribution in [-0.2, 0) is 17.8 Å². The lowest BCUT2D eigenvalue weighted by Crippen LogP contribution is -2.40. The van der Waals surface area contributed by atoms with Crippen molar-refractivity contribution in [2.45, 2.75) is 44.9 Å². The summed E-state index contributed by atoms with van der Waals surface area (Å²) in [5.74, 6) is 0.150. The second-order valence-electron chi connectivity index (χ2n) is 7.01. The van der Waals surface area contributed by atoms with Crippen LogP contribution in [0.15, 0.2) is 30.5 Å². The van der Waals surface area contributed by atoms with Crippen LogP contribution in [0.4, 0.5) is 4.39 Å². The summed E-state index contributed by atoms with van der Waals surface area (Å²) in [6.07, 6.45) is 3.69. The molecule has 0 spiro atoms. The van der Waals surface area contributed by atoms with Crippen molar-refractivity contribution >= 4 is 5.91 Å². The lowest BCUT2D eigenvalue weighted by molar-refractivity contribution is -0.139. The number of carbonyl (C=O) groups is 1. The molecule has 7 heteroatoms. The minimum Gasteiger partial charge on any atom is -0.478 e. The van der Waals surface area contributed by atoms with Crippen LogP contribution in [0.25, 0.3) is 0 Å². The molecule has 1 aromatic heterocycles. The summed E-state index contributed by atoms with van der Waals surface area (Å²) in [5, 5.41) is 3.31. The monoisotopic (exact) mass is 370 g/mol. The summed E-state index contributed by atoms with van der Waals surface area (Å²) in [7, 11) is 0. The molecule has 1 saturated heterocycles. The maximum atomic E-state index is 13.8. The van der Waals surface area contributed by atoms with Crippen LogP contribution < -0.4 is 10.1 Å². The molecule has 0 aliphatic carbocycles. The second kappa shape index (κ2) is 7.60. The van der Waals surface area contributed by atoms with E-state index in [1.165, 1.54) is 12.1 Å². The molecule has 6 nitrogen and oxygen atoms in total. The Morgan fingerprint density at radius 2 is 2.26 bits per heavy atom. The number of aromatic nitrogens is 2. The van der Waals surface area contributed by atoms with Gasteiger partial charge in [-0.15, -0.1) is 0 Å². The van der Waals surface area contributed by atoms with E-state index < -0.39 is 11.9 Å². The highest BCUT2D eigenvalue weighted by atomic mass is 19.1. The van der Waals surface area contributed by atoms with E-state index in [-0.39, 0.29) is 17.7 Å². The van der Waals surface area contributed by atoms with Gasteiger partial charge in [0.25, 0.3) is 5.91 Å². The quantitative estimate of drug-likeness (QED) is 0.895. The van der Waals surface area contributed by atoms with Crippen molar-refractivity contribution in [1.29, 1.82) is 0 Å². The zero-order valence-corrected chi connectivity index (χ0v) is 15.3. The minimum absolute atomic E-state index is 0.0895. The van der Waals surface area contributed by atoms with E-state index >= 15 is 0 Å². The molecule has 1 N–H and O–H groups in total. The lowest BCUT2D eigenvalue weighted by Gasteiger charge is -2.27. The van der Waals surface area contributed by atoms with Gasteiger partial charge in [0, 0.05) is 43.5 Å². The third kappa shape index (κ3) is 3.64. The third-order valence-corrected chi connectivity index (χ3v) is 5.15. The van der Waals surface area contributed by atoms with Crippen LogP contribution in [0, 0.1) is 5.82 Å². The van der Waals surface area contributed by atoms with Crippen LogP contribution in [0.1, 0.15) is 42.9 Å². The Labute approximate surface area is 157 Å². The van der Waals surface area contributed by atoms with Gasteiger partial charge in [0.1, 0.15) is 0 Å². The summed E-state index contributed by atoms with van der Waals surface area (Å²) in [6, 6.07) is 5.98. The number of nitrogens with zero attached hydrogens (tertiary/aromatic N) is 3. The Morgan fingerprint density at radius 1 is 1.41 bits per heavy atom. The summed E-state index contributed by atoms with van der Waals surface area (Å²) in [6.45, 7) is 3.99. The molecule has 4 rings (SSSR count). The number of carbonyl (C=O) groups excluding carboxylic acids is 1. The second-order valence-corrected chi connectivity index (χ2v) is 7.01. The zero-order valence-electron chi connectivity index (χ0n) is 15.3. The summed E-state index contributed by atoms with van der Waals surface area (Å²) >= 11 is 0. The van der Waals surface area contributed by atoms with Gasteiger partial charge < -0.3 is 15.0 Å². The first-order chi connectivity index (χ1) is 13.1. The van der Waals surface area contributed by atoms with E-state index in [2.05, 4.69) is 10.3 Å². The Morgan fingerprint density at radius 3 is 3.11 bits per heavy atom. The summed E-state index contributed by atoms with van der Waals surface area (Å²) in [4.78, 5) is 24.0. The predicted octanol–water partition coefficient (Wildman–Crippen LogP) is 2.39. The van der Waals surface area contributed by atoms with Gasteiger partial charge in [0.05, 0.1) is 6.04 Å². The Hall–Kier alpha value is -2.54. The highest BCUT2D eigenvalue weighted by Crippen LogP contribution is 2.31. The normalized spacial score (nSPS) is 20.2. The number of amides is 1. The SMILES string of the molecule is C[C@@H](Oc1ccccc1F)C(=O)N1CCC[C@@H]1c1ncc2c(n1)CCNC2. The highest BCUT2D eigenvalue weighted by Gasteiger charge is 2.35. The lowest BCUT2D eigenvalue weighted by atomic mass is 10.1. The van der Waals surface area contributed by atoms with Gasteiger partial charge in [-0.3, -0.25) is 4.79 Å². The molecule has 2 atom stereocenters. The van der Waals surface area contributed by atoms with E-state index in [4.69, 9.17) is 9.72 Å². The van der Waals surface area contributed by atoms with Crippen LogP contribution >= 0.6 is 0 Å². The average molecular weight is 370 g/mol. The molecule has 2 aromatic rings. The Bertz CT molecular complexity index is 844. The Balaban J connectivity index is 1.50. The van der Waals surface area contributed by atoms with Gasteiger partial charge in [-0.1, -0.05) is 12.1 Å². The maximum Gasteiger partial charge on any atom is 0.263 e. The topological polar surface area (TPSA) is 67.3 Å². The number of rotatable bonds is 4. The number of halogens is 1. The molecule has 1 aromatic carbocycles. The van der Waals surface area contributed by atoms with Crippen molar-refractivity contribution in [3.8, 4) is 5.75 Å². The van der Waals surface area contributed by atoms with E-state index in [0.717, 1.165) is 43.6 Å². The van der Waals surface area contributed by atoms with Gasteiger partial charge >= 0.3 is 0 Å². The Kier molecular flexibility index (Phi) is 5.03. The number of hydrogen-bond donors (Lipinski definition) is 1. The molecule has 2 aliphatic heterocycles. The number of fused-ring (bicyclic) bond motifs is 1. The van der Waals surface area contributed by atoms with Crippen molar-refractivity contribution in [1.82, 2.24) is 20.2 Å². The van der Waals surface area contributed by atoms with E-state index in [1.807, 2.05) is 6.20 Å². The van der Waals surface area contributed by atoms with Crippen molar-refractivity contribution in [3.63, 3.8) is 0 Å². The maximum absolute atomic E-state index is 13.8. The van der Waals surface area contributed by atoms with Crippen molar-refractivity contribution in [3.05, 3.63) is 53.4 Å². The zero-order chi connectivity index (χ0) is 18.8. The first-order valence-corrected chi connectivity index (χ1v) is 9.40. The standard InChI is InChI=1S/C20H23FN4O2/c1-13(27-18-7-3-2-5-15(18)21)20(26)25-10-4-6-17(25)19-23-12-14-11-22-9-8-16(14)24-19/h2-3,5,7,12-13,17,22H,4,6,8-11H2,1H3/t13-,17-/m1/s1. The molecule has 2 aliphatic rings. The van der Waals surface area contributed by atoms with Crippen molar-refractivity contribution in [2.75, 3.05) is 13.1 Å². The van der Waals surface area contributed by atoms with Crippen LogP contribution in [0.5, 0.6) is 5.75 Å². The summed E-state index contributed by atoms with van der Waals surface area (Å²) < 4.78 is 19.4. The molecule has 27 heavy (non-hydrogen) atoms. The van der Waals surface area contributed by atoms with Crippen LogP contribution in [0.2, 0.25) is 0 Å². The van der Waals surface area contributed by atoms with E-state index in [1.54, 1.807) is 24.0 Å². The predicted molar refractivity (Wildman–Crippen MR) is 97.6 cm³/mol. The molecule has 0 saturated carbocycles. The van der Waals surface area contributed by atoms with Crippen LogP contribution in [-0.4, -0.2) is 40.0 Å². The van der Waals surface area contributed by atoms with Crippen LogP contribution in [0.3, 0.4) is 0 Å². The molecule has 3 heterocycles. The molecule has 0 unspecified atom stereocenters. The molecule has 1 amide bonds. The molecule has 1 fully saturated rings. The van der Waals surface area contributed by atoms with Gasteiger partial charge in [-0.2, -0.15) is 0 Å². The number of benzene rings is 1. The largest absolute Gasteiger partial charge is 0.478 e. The number of nitrogens with one attached hydrogen (secondary N) is 1. The molecule has 0 bridgehead atoms. The van der Waals surface area contributed by atoms with Gasteiger partial charge in [-0.05, 0) is 31.9 Å². The fourth-order valence-electron chi connectivity index (χ4n) is 3.73. The molecular formula is C20H23FN4O2. The molecule has 0 radical (unpaired) electrons. The van der Waals surface area contributed by atoms with Crippen molar-refractivity contribution in [2.24, 2.45) is 0 Å². The van der Waals surface area contributed by atoms with Gasteiger partial charge in [-0.25, -0.2) is 14.4 Å². The van der Waals surface area contributed by atoms with Gasteiger partial charge in [0.2, 0.25) is 0 Å². The first-order valence-electron chi connectivity index (χ1n) is 9.40. The number of ether oxygens (including phenoxy) is 1. The number of para-hydroxylation sites is 1. The fourth-order valence-corrected chi connectivity index (χ4v) is 3.73. The average Bonchev–Trinajstić information content (AvgIpc) is 3.18. The number of hydrogen-bond acceptors (Lipinski definition) is 5. The molecule has 142 valence electrons. The third-order valence-electron chi connectivity index (χ3n) is 5.15. The summed E-state index contributed by atoms with van der Waals surface area (Å²) in [5.41, 5.74) is 2.19. The minimum atomic E-state index is -0.774. The fraction of sp³-hybridized carbons (Fsp3) is 0.450. The van der Waals surface area contributed by atoms with Gasteiger partial charge in [0.15, 0.2) is 23.5 Å². The number of likely N-dealkylation sites (tertiary alicyclic amines) is 1. The smallest absolute Gasteiger partial charge is 0.263 e. The highest BCUT2D eigenvalue weighted by molar-refractivity contribution is 5.81. The first kappa shape index (κ1) is 17.9. The van der Waals surface area contributed by atoms with E-state index in [0.29, 0.717) is 12.4 Å². The molecular weight excluding hydrogens is 347 g/mol.